The molecule has 0 saturated heterocycles. The van der Waals surface area contributed by atoms with Crippen molar-refractivity contribution in [1.82, 2.24) is 24.9 Å². The van der Waals surface area contributed by atoms with Gasteiger partial charge in [0.25, 0.3) is 0 Å². The summed E-state index contributed by atoms with van der Waals surface area (Å²) in [5.74, 6) is -0.276. The molecule has 37 heavy (non-hydrogen) atoms. The van der Waals surface area contributed by atoms with Crippen molar-refractivity contribution in [2.75, 3.05) is 6.61 Å². The van der Waals surface area contributed by atoms with E-state index in [1.54, 1.807) is 40.0 Å². The summed E-state index contributed by atoms with van der Waals surface area (Å²) in [6, 6.07) is 10.4. The quantitative estimate of drug-likeness (QED) is 0.303. The number of halogens is 3. The molecule has 0 amide bonds. The maximum atomic E-state index is 13.6. The summed E-state index contributed by atoms with van der Waals surface area (Å²) in [5, 5.41) is 12.1. The molecule has 0 aliphatic rings. The standard InChI is InChI=1S/C25H24F3N5O4/c1-6-35-22(34)21-29-19(32-37-21)16-13-14(2)11-12-18(16)36-24(3,4)23-31-30-20(33(23)5)15-9-7-8-10-17(15)25(26,27)28/h7-13H,6H2,1-5H3. The maximum absolute atomic E-state index is 13.6. The molecule has 0 bridgehead atoms. The molecule has 0 spiro atoms. The second-order valence-electron chi connectivity index (χ2n) is 8.71. The lowest BCUT2D eigenvalue weighted by Gasteiger charge is -2.26. The van der Waals surface area contributed by atoms with Crippen LogP contribution < -0.4 is 4.74 Å². The average Bonchev–Trinajstić information content (AvgIpc) is 3.47. The minimum Gasteiger partial charge on any atom is -0.479 e. The fourth-order valence-corrected chi connectivity index (χ4v) is 3.85. The lowest BCUT2D eigenvalue weighted by Crippen LogP contribution is -2.29. The van der Waals surface area contributed by atoms with Gasteiger partial charge in [0.05, 0.1) is 17.7 Å². The van der Waals surface area contributed by atoms with Gasteiger partial charge in [0.2, 0.25) is 5.82 Å². The van der Waals surface area contributed by atoms with Crippen molar-refractivity contribution in [1.29, 1.82) is 0 Å². The number of hydrogen-bond donors (Lipinski definition) is 0. The van der Waals surface area contributed by atoms with E-state index in [0.717, 1.165) is 11.6 Å². The third kappa shape index (κ3) is 5.18. The van der Waals surface area contributed by atoms with E-state index in [-0.39, 0.29) is 35.5 Å². The number of carbonyl (C=O) groups excluding carboxylic acids is 1. The van der Waals surface area contributed by atoms with Gasteiger partial charge in [-0.2, -0.15) is 18.2 Å². The number of esters is 1. The third-order valence-electron chi connectivity index (χ3n) is 5.50. The van der Waals surface area contributed by atoms with Crippen LogP contribution in [-0.2, 0) is 23.6 Å². The van der Waals surface area contributed by atoms with Gasteiger partial charge in [-0.1, -0.05) is 35.0 Å². The Hall–Kier alpha value is -4.22. The van der Waals surface area contributed by atoms with E-state index in [9.17, 15) is 18.0 Å². The molecule has 0 unspecified atom stereocenters. The zero-order chi connectivity index (χ0) is 27.0. The molecule has 0 aliphatic heterocycles. The molecule has 2 aromatic heterocycles. The van der Waals surface area contributed by atoms with Gasteiger partial charge >= 0.3 is 18.0 Å². The molecule has 2 aromatic carbocycles. The fraction of sp³-hybridized carbons (Fsp3) is 0.320. The Morgan fingerprint density at radius 3 is 2.51 bits per heavy atom. The molecule has 0 saturated carbocycles. The number of ether oxygens (including phenoxy) is 2. The number of aromatic nitrogens is 5. The van der Waals surface area contributed by atoms with Crippen LogP contribution in [0.25, 0.3) is 22.8 Å². The highest BCUT2D eigenvalue weighted by molar-refractivity contribution is 5.84. The molecule has 0 fully saturated rings. The Balaban J connectivity index is 1.70. The van der Waals surface area contributed by atoms with Crippen molar-refractivity contribution >= 4 is 5.97 Å². The number of benzene rings is 2. The zero-order valence-electron chi connectivity index (χ0n) is 20.8. The van der Waals surface area contributed by atoms with Gasteiger partial charge in [0, 0.05) is 12.6 Å². The van der Waals surface area contributed by atoms with Crippen LogP contribution in [0, 0.1) is 6.92 Å². The summed E-state index contributed by atoms with van der Waals surface area (Å²) < 4.78 is 58.5. The first-order chi connectivity index (χ1) is 17.4. The smallest absolute Gasteiger partial charge is 0.417 e. The van der Waals surface area contributed by atoms with Crippen LogP contribution >= 0.6 is 0 Å². The minimum atomic E-state index is -4.56. The lowest BCUT2D eigenvalue weighted by molar-refractivity contribution is -0.137. The number of aryl methyl sites for hydroxylation is 1. The summed E-state index contributed by atoms with van der Waals surface area (Å²) in [6.45, 7) is 7.08. The van der Waals surface area contributed by atoms with Crippen molar-refractivity contribution in [3.8, 4) is 28.5 Å². The molecule has 0 N–H and O–H groups in total. The number of rotatable bonds is 7. The molecule has 0 atom stereocenters. The molecule has 4 rings (SSSR count). The number of nitrogens with zero attached hydrogens (tertiary/aromatic N) is 5. The Bertz CT molecular complexity index is 1440. The first-order valence-electron chi connectivity index (χ1n) is 11.3. The van der Waals surface area contributed by atoms with Gasteiger partial charge in [0.1, 0.15) is 5.75 Å². The second kappa shape index (κ2) is 9.68. The third-order valence-corrected chi connectivity index (χ3v) is 5.50. The maximum Gasteiger partial charge on any atom is 0.417 e. The predicted molar refractivity (Wildman–Crippen MR) is 126 cm³/mol. The highest BCUT2D eigenvalue weighted by Crippen LogP contribution is 2.38. The van der Waals surface area contributed by atoms with Crippen LogP contribution in [0.15, 0.2) is 47.0 Å². The first kappa shape index (κ1) is 25.9. The van der Waals surface area contributed by atoms with Crippen LogP contribution in [0.1, 0.15) is 48.4 Å². The second-order valence-corrected chi connectivity index (χ2v) is 8.71. The van der Waals surface area contributed by atoms with Crippen LogP contribution in [0.5, 0.6) is 5.75 Å². The Morgan fingerprint density at radius 1 is 1.08 bits per heavy atom. The van der Waals surface area contributed by atoms with E-state index in [1.165, 1.54) is 22.8 Å². The van der Waals surface area contributed by atoms with E-state index in [1.807, 2.05) is 13.0 Å². The van der Waals surface area contributed by atoms with E-state index >= 15 is 0 Å². The van der Waals surface area contributed by atoms with Gasteiger partial charge in [0.15, 0.2) is 17.2 Å². The zero-order valence-corrected chi connectivity index (χ0v) is 20.8. The van der Waals surface area contributed by atoms with Gasteiger partial charge in [-0.05, 0) is 45.9 Å². The van der Waals surface area contributed by atoms with Gasteiger partial charge in [-0.3, -0.25) is 0 Å². The molecule has 12 heteroatoms. The first-order valence-corrected chi connectivity index (χ1v) is 11.3. The Kier molecular flexibility index (Phi) is 6.76. The summed E-state index contributed by atoms with van der Waals surface area (Å²) in [5.41, 5.74) is -0.748. The van der Waals surface area contributed by atoms with Crippen molar-refractivity contribution < 1.29 is 32.0 Å². The van der Waals surface area contributed by atoms with E-state index in [2.05, 4.69) is 20.3 Å². The molecule has 2 heterocycles. The fourth-order valence-electron chi connectivity index (χ4n) is 3.85. The number of carbonyl (C=O) groups is 1. The van der Waals surface area contributed by atoms with Crippen molar-refractivity contribution in [3.63, 3.8) is 0 Å². The van der Waals surface area contributed by atoms with E-state index in [0.29, 0.717) is 11.3 Å². The van der Waals surface area contributed by atoms with E-state index in [4.69, 9.17) is 14.0 Å². The molecule has 0 radical (unpaired) electrons. The van der Waals surface area contributed by atoms with Gasteiger partial charge in [-0.15, -0.1) is 10.2 Å². The number of alkyl halides is 3. The summed E-state index contributed by atoms with van der Waals surface area (Å²) in [4.78, 5) is 16.1. The SMILES string of the molecule is CCOC(=O)c1nc(-c2cc(C)ccc2OC(C)(C)c2nnc(-c3ccccc3C(F)(F)F)n2C)no1. The average molecular weight is 515 g/mol. The monoisotopic (exact) mass is 515 g/mol. The van der Waals surface area contributed by atoms with Gasteiger partial charge < -0.3 is 18.6 Å². The normalized spacial score (nSPS) is 12.0. The Labute approximate surface area is 210 Å². The lowest BCUT2D eigenvalue weighted by atomic mass is 10.1. The van der Waals surface area contributed by atoms with Crippen molar-refractivity contribution in [3.05, 3.63) is 65.3 Å². The van der Waals surface area contributed by atoms with Crippen LogP contribution in [0.3, 0.4) is 0 Å². The largest absolute Gasteiger partial charge is 0.479 e. The van der Waals surface area contributed by atoms with Gasteiger partial charge in [-0.25, -0.2) is 4.79 Å². The Morgan fingerprint density at radius 2 is 1.81 bits per heavy atom. The molecule has 194 valence electrons. The summed E-state index contributed by atoms with van der Waals surface area (Å²) in [6.07, 6.45) is -4.56. The highest BCUT2D eigenvalue weighted by Gasteiger charge is 2.36. The van der Waals surface area contributed by atoms with Crippen LogP contribution in [0.2, 0.25) is 0 Å². The summed E-state index contributed by atoms with van der Waals surface area (Å²) >= 11 is 0. The molecule has 0 aliphatic carbocycles. The summed E-state index contributed by atoms with van der Waals surface area (Å²) in [7, 11) is 1.57. The molecule has 4 aromatic rings. The van der Waals surface area contributed by atoms with E-state index < -0.39 is 23.3 Å². The van der Waals surface area contributed by atoms with Crippen LogP contribution in [0.4, 0.5) is 13.2 Å². The van der Waals surface area contributed by atoms with Crippen molar-refractivity contribution in [2.45, 2.75) is 39.5 Å². The van der Waals surface area contributed by atoms with Crippen molar-refractivity contribution in [2.24, 2.45) is 7.05 Å². The highest BCUT2D eigenvalue weighted by atomic mass is 19.4. The minimum absolute atomic E-state index is 0.0426. The number of hydrogen-bond acceptors (Lipinski definition) is 8. The molecular formula is C25H24F3N5O4. The molecular weight excluding hydrogens is 491 g/mol. The molecule has 9 nitrogen and oxygen atoms in total. The predicted octanol–water partition coefficient (Wildman–Crippen LogP) is 5.35. The van der Waals surface area contributed by atoms with Crippen LogP contribution in [-0.4, -0.2) is 37.5 Å². The topological polar surface area (TPSA) is 105 Å².